The molecule has 4 amide bonds. The second kappa shape index (κ2) is 15.5. The molecule has 6 atom stereocenters. The minimum atomic E-state index is -1.50. The van der Waals surface area contributed by atoms with Crippen molar-refractivity contribution < 1.29 is 34.2 Å². The number of hydrogen-bond donors (Lipinski definition) is 7. The average molecular weight is 492 g/mol. The van der Waals surface area contributed by atoms with Gasteiger partial charge >= 0.3 is 5.97 Å². The van der Waals surface area contributed by atoms with Crippen molar-refractivity contribution in [1.29, 1.82) is 0 Å². The van der Waals surface area contributed by atoms with Crippen LogP contribution < -0.4 is 27.4 Å². The highest BCUT2D eigenvalue weighted by atomic mass is 32.2. The zero-order valence-corrected chi connectivity index (χ0v) is 20.3. The fraction of sp³-hybridized carbons (Fsp3) is 0.750. The lowest BCUT2D eigenvalue weighted by atomic mass is 9.98. The molecule has 0 aromatic carbocycles. The predicted molar refractivity (Wildman–Crippen MR) is 124 cm³/mol. The Balaban J connectivity index is 5.48. The lowest BCUT2D eigenvalue weighted by molar-refractivity contribution is -0.144. The molecule has 0 aliphatic carbocycles. The third-order valence-corrected chi connectivity index (χ3v) is 5.77. The molecular weight excluding hydrogens is 454 g/mol. The van der Waals surface area contributed by atoms with Crippen LogP contribution in [0.25, 0.3) is 0 Å². The molecule has 0 rings (SSSR count). The van der Waals surface area contributed by atoms with Crippen molar-refractivity contribution in [2.75, 3.05) is 12.0 Å². The van der Waals surface area contributed by atoms with E-state index in [0.29, 0.717) is 18.6 Å². The quantitative estimate of drug-likeness (QED) is 0.131. The largest absolute Gasteiger partial charge is 0.480 e. The smallest absolute Gasteiger partial charge is 0.326 e. The van der Waals surface area contributed by atoms with Crippen LogP contribution in [0, 0.1) is 5.92 Å². The third-order valence-electron chi connectivity index (χ3n) is 5.12. The first kappa shape index (κ1) is 30.6. The molecule has 0 saturated heterocycles. The van der Waals surface area contributed by atoms with E-state index in [9.17, 15) is 34.2 Å². The fourth-order valence-electron chi connectivity index (χ4n) is 2.80. The van der Waals surface area contributed by atoms with Gasteiger partial charge in [-0.05, 0) is 37.7 Å². The molecule has 0 aromatic rings. The van der Waals surface area contributed by atoms with Crippen molar-refractivity contribution in [2.24, 2.45) is 17.4 Å². The van der Waals surface area contributed by atoms with Gasteiger partial charge in [-0.25, -0.2) is 4.79 Å². The first-order chi connectivity index (χ1) is 15.3. The fourth-order valence-corrected chi connectivity index (χ4v) is 3.28. The summed E-state index contributed by atoms with van der Waals surface area (Å²) in [5.41, 5.74) is 11.0. The standard InChI is InChI=1S/C20H37N5O7S/c1-5-10(2)15(20(31)32)24-19(30)16(11(3)26)25-18(29)13(6-7-14(22)27)23-17(28)12(21)8-9-33-4/h10-13,15-16,26H,5-9,21H2,1-4H3,(H2,22,27)(H,23,28)(H,24,30)(H,25,29)(H,31,32). The van der Waals surface area contributed by atoms with Gasteiger partial charge in [-0.15, -0.1) is 0 Å². The van der Waals surface area contributed by atoms with Crippen LogP contribution >= 0.6 is 11.8 Å². The Bertz CT molecular complexity index is 692. The number of nitrogens with two attached hydrogens (primary N) is 2. The Morgan fingerprint density at radius 1 is 0.939 bits per heavy atom. The van der Waals surface area contributed by atoms with Crippen LogP contribution in [-0.4, -0.2) is 82.1 Å². The summed E-state index contributed by atoms with van der Waals surface area (Å²) in [6.07, 6.45) is 0.936. The Morgan fingerprint density at radius 2 is 1.52 bits per heavy atom. The number of rotatable bonds is 16. The monoisotopic (exact) mass is 491 g/mol. The van der Waals surface area contributed by atoms with Crippen molar-refractivity contribution >= 4 is 41.4 Å². The molecule has 0 aliphatic rings. The van der Waals surface area contributed by atoms with Gasteiger partial charge in [0.1, 0.15) is 18.1 Å². The summed E-state index contributed by atoms with van der Waals surface area (Å²) in [4.78, 5) is 60.5. The zero-order valence-electron chi connectivity index (χ0n) is 19.5. The molecule has 0 saturated carbocycles. The zero-order chi connectivity index (χ0) is 25.7. The van der Waals surface area contributed by atoms with Gasteiger partial charge in [0, 0.05) is 6.42 Å². The molecule has 190 valence electrons. The van der Waals surface area contributed by atoms with Gasteiger partial charge in [0.2, 0.25) is 23.6 Å². The van der Waals surface area contributed by atoms with Crippen LogP contribution in [0.15, 0.2) is 0 Å². The number of aliphatic hydroxyl groups excluding tert-OH is 1. The van der Waals surface area contributed by atoms with E-state index in [2.05, 4.69) is 16.0 Å². The number of aliphatic carboxylic acids is 1. The van der Waals surface area contributed by atoms with Crippen LogP contribution in [0.2, 0.25) is 0 Å². The number of hydrogen-bond acceptors (Lipinski definition) is 8. The van der Waals surface area contributed by atoms with Gasteiger partial charge in [0.05, 0.1) is 12.1 Å². The SMILES string of the molecule is CCC(C)C(NC(=O)C(NC(=O)C(CCC(N)=O)NC(=O)C(N)CCSC)C(C)O)C(=O)O. The van der Waals surface area contributed by atoms with Gasteiger partial charge in [0.25, 0.3) is 0 Å². The van der Waals surface area contributed by atoms with E-state index >= 15 is 0 Å². The molecule has 0 aliphatic heterocycles. The highest BCUT2D eigenvalue weighted by Crippen LogP contribution is 2.09. The van der Waals surface area contributed by atoms with Gasteiger partial charge in [-0.1, -0.05) is 20.3 Å². The van der Waals surface area contributed by atoms with E-state index in [4.69, 9.17) is 11.5 Å². The summed E-state index contributed by atoms with van der Waals surface area (Å²) < 4.78 is 0. The summed E-state index contributed by atoms with van der Waals surface area (Å²) in [7, 11) is 0. The number of carbonyl (C=O) groups is 5. The predicted octanol–water partition coefficient (Wildman–Crippen LogP) is -1.70. The van der Waals surface area contributed by atoms with Gasteiger partial charge in [0.15, 0.2) is 0 Å². The molecule has 0 fully saturated rings. The molecule has 13 heteroatoms. The van der Waals surface area contributed by atoms with E-state index in [1.165, 1.54) is 18.7 Å². The Morgan fingerprint density at radius 3 is 1.97 bits per heavy atom. The minimum Gasteiger partial charge on any atom is -0.480 e. The summed E-state index contributed by atoms with van der Waals surface area (Å²) >= 11 is 1.50. The molecule has 0 radical (unpaired) electrons. The van der Waals surface area contributed by atoms with E-state index in [1.807, 2.05) is 6.26 Å². The molecule has 12 nitrogen and oxygen atoms in total. The van der Waals surface area contributed by atoms with Crippen molar-refractivity contribution in [3.63, 3.8) is 0 Å². The number of primary amides is 1. The maximum Gasteiger partial charge on any atom is 0.326 e. The topological polar surface area (TPSA) is 214 Å². The van der Waals surface area contributed by atoms with Gasteiger partial charge < -0.3 is 37.6 Å². The maximum atomic E-state index is 12.8. The molecule has 0 spiro atoms. The van der Waals surface area contributed by atoms with Crippen molar-refractivity contribution in [1.82, 2.24) is 16.0 Å². The van der Waals surface area contributed by atoms with Crippen LogP contribution in [0.5, 0.6) is 0 Å². The maximum absolute atomic E-state index is 12.8. The highest BCUT2D eigenvalue weighted by molar-refractivity contribution is 7.98. The van der Waals surface area contributed by atoms with Crippen LogP contribution in [0.1, 0.15) is 46.5 Å². The van der Waals surface area contributed by atoms with Crippen molar-refractivity contribution in [3.8, 4) is 0 Å². The second-order valence-corrected chi connectivity index (χ2v) is 8.88. The summed E-state index contributed by atoms with van der Waals surface area (Å²) in [5, 5.41) is 26.5. The number of carboxylic acid groups (broad SMARTS) is 1. The lowest BCUT2D eigenvalue weighted by Crippen LogP contribution is -2.60. The average Bonchev–Trinajstić information content (AvgIpc) is 2.74. The number of carboxylic acids is 1. The molecule has 33 heavy (non-hydrogen) atoms. The second-order valence-electron chi connectivity index (χ2n) is 7.89. The molecule has 6 unspecified atom stereocenters. The Kier molecular flexibility index (Phi) is 14.3. The van der Waals surface area contributed by atoms with E-state index in [-0.39, 0.29) is 12.8 Å². The number of aliphatic hydroxyl groups is 1. The summed E-state index contributed by atoms with van der Waals surface area (Å²) in [6, 6.07) is -4.85. The van der Waals surface area contributed by atoms with Gasteiger partial charge in [-0.2, -0.15) is 11.8 Å². The minimum absolute atomic E-state index is 0.152. The first-order valence-corrected chi connectivity index (χ1v) is 12.1. The van der Waals surface area contributed by atoms with Crippen LogP contribution in [-0.2, 0) is 24.0 Å². The molecular formula is C20H37N5O7S. The summed E-state index contributed by atoms with van der Waals surface area (Å²) in [5.74, 6) is -4.09. The van der Waals surface area contributed by atoms with Crippen molar-refractivity contribution in [2.45, 2.75) is 76.7 Å². The number of thioether (sulfide) groups is 1. The Hall–Kier alpha value is -2.38. The summed E-state index contributed by atoms with van der Waals surface area (Å²) in [6.45, 7) is 4.65. The van der Waals surface area contributed by atoms with Crippen LogP contribution in [0.3, 0.4) is 0 Å². The third kappa shape index (κ3) is 11.3. The number of amides is 4. The highest BCUT2D eigenvalue weighted by Gasteiger charge is 2.34. The normalized spacial score (nSPS) is 16.4. The van der Waals surface area contributed by atoms with Crippen LogP contribution in [0.4, 0.5) is 0 Å². The molecule has 0 aromatic heterocycles. The van der Waals surface area contributed by atoms with Gasteiger partial charge in [-0.3, -0.25) is 19.2 Å². The van der Waals surface area contributed by atoms with E-state index in [1.54, 1.807) is 13.8 Å². The van der Waals surface area contributed by atoms with Crippen molar-refractivity contribution in [3.05, 3.63) is 0 Å². The van der Waals surface area contributed by atoms with E-state index in [0.717, 1.165) is 0 Å². The van der Waals surface area contributed by atoms with E-state index < -0.39 is 65.8 Å². The first-order valence-electron chi connectivity index (χ1n) is 10.7. The molecule has 0 bridgehead atoms. The number of nitrogens with one attached hydrogen (secondary N) is 3. The lowest BCUT2D eigenvalue weighted by Gasteiger charge is -2.27. The Labute approximate surface area is 198 Å². The number of carbonyl (C=O) groups excluding carboxylic acids is 4. The molecule has 0 heterocycles. The molecule has 9 N–H and O–H groups in total.